The summed E-state index contributed by atoms with van der Waals surface area (Å²) in [7, 11) is 0. The molecule has 0 spiro atoms. The van der Waals surface area contributed by atoms with Crippen molar-refractivity contribution in [3.05, 3.63) is 82.0 Å². The van der Waals surface area contributed by atoms with Gasteiger partial charge in [-0.3, -0.25) is 6.08 Å². The van der Waals surface area contributed by atoms with Gasteiger partial charge >= 0.3 is 26.2 Å². The third-order valence-corrected chi connectivity index (χ3v) is 6.64. The van der Waals surface area contributed by atoms with E-state index in [0.717, 1.165) is 12.8 Å². The number of hydrogen-bond donors (Lipinski definition) is 0. The maximum atomic E-state index is 3.74. The molecule has 0 radical (unpaired) electrons. The minimum absolute atomic E-state index is 0. The summed E-state index contributed by atoms with van der Waals surface area (Å²) in [5.41, 5.74) is 11.7. The second-order valence-electron chi connectivity index (χ2n) is 9.17. The fourth-order valence-electron chi connectivity index (χ4n) is 5.03. The first-order valence-electron chi connectivity index (χ1n) is 11.9. The van der Waals surface area contributed by atoms with Gasteiger partial charge in [-0.15, -0.1) is 23.1 Å². The topological polar surface area (TPSA) is 0 Å². The number of allylic oxidation sites excluding steroid dienone is 4. The molecule has 3 heteroatoms. The van der Waals surface area contributed by atoms with E-state index in [2.05, 4.69) is 78.0 Å². The van der Waals surface area contributed by atoms with Gasteiger partial charge in [0.05, 0.1) is 0 Å². The average Bonchev–Trinajstić information content (AvgIpc) is 3.38. The van der Waals surface area contributed by atoms with E-state index in [-0.39, 0.29) is 51.0 Å². The largest absolute Gasteiger partial charge is 4.00 e. The molecular weight excluding hydrogens is 522 g/mol. The first-order valence-corrected chi connectivity index (χ1v) is 11.9. The molecule has 33 heavy (non-hydrogen) atoms. The predicted octanol–water partition coefficient (Wildman–Crippen LogP) is 2.79. The third-order valence-electron chi connectivity index (χ3n) is 6.64. The molecule has 2 atom stereocenters. The molecule has 2 aliphatic rings. The normalized spacial score (nSPS) is 14.0. The number of hydrogen-bond acceptors (Lipinski definition) is 0. The van der Waals surface area contributed by atoms with Crippen LogP contribution in [0.5, 0.6) is 0 Å². The molecule has 4 rings (SSSR count). The van der Waals surface area contributed by atoms with Crippen molar-refractivity contribution in [1.82, 2.24) is 0 Å². The summed E-state index contributed by atoms with van der Waals surface area (Å²) in [6, 6.07) is 11.2. The Kier molecular flexibility index (Phi) is 15.1. The van der Waals surface area contributed by atoms with Crippen molar-refractivity contribution in [2.24, 2.45) is 0 Å². The molecule has 0 saturated heterocycles. The van der Waals surface area contributed by atoms with E-state index in [4.69, 9.17) is 0 Å². The molecule has 0 amide bonds. The van der Waals surface area contributed by atoms with Gasteiger partial charge in [-0.05, 0) is 42.4 Å². The molecule has 2 aliphatic carbocycles. The second-order valence-corrected chi connectivity index (χ2v) is 9.17. The van der Waals surface area contributed by atoms with Crippen LogP contribution < -0.4 is 24.8 Å². The molecule has 0 fully saturated rings. The SMILES string of the molecule is CCCC(C)c1cc2c([c-]c1C)Cc1cc(C)c(C(C)CCC)cc1-2.[C-]1=CC=CC1.[Cl-].[Cl-].[Zr+4]. The number of benzene rings is 2. The average molecular weight is 561 g/mol. The van der Waals surface area contributed by atoms with Gasteiger partial charge in [0.2, 0.25) is 0 Å². The van der Waals surface area contributed by atoms with Gasteiger partial charge in [0.25, 0.3) is 0 Å². The molecule has 0 heterocycles. The van der Waals surface area contributed by atoms with Gasteiger partial charge in [0.15, 0.2) is 0 Å². The summed E-state index contributed by atoms with van der Waals surface area (Å²) in [5.74, 6) is 1.27. The summed E-state index contributed by atoms with van der Waals surface area (Å²) in [6.45, 7) is 13.8. The van der Waals surface area contributed by atoms with Crippen LogP contribution >= 0.6 is 0 Å². The van der Waals surface area contributed by atoms with Gasteiger partial charge < -0.3 is 24.8 Å². The van der Waals surface area contributed by atoms with Crippen molar-refractivity contribution in [3.8, 4) is 11.1 Å². The second kappa shape index (κ2) is 15.4. The summed E-state index contributed by atoms with van der Waals surface area (Å²) >= 11 is 0. The molecule has 0 bridgehead atoms. The van der Waals surface area contributed by atoms with Gasteiger partial charge in [0.1, 0.15) is 0 Å². The maximum absolute atomic E-state index is 3.74. The van der Waals surface area contributed by atoms with Crippen molar-refractivity contribution in [2.75, 3.05) is 0 Å². The Balaban J connectivity index is 0.00000114. The molecule has 0 aliphatic heterocycles. The Bertz CT molecular complexity index is 867. The van der Waals surface area contributed by atoms with E-state index in [1.807, 2.05) is 12.2 Å². The minimum atomic E-state index is 0. The Morgan fingerprint density at radius 2 is 1.48 bits per heavy atom. The van der Waals surface area contributed by atoms with E-state index in [9.17, 15) is 0 Å². The Hall–Kier alpha value is -0.617. The molecule has 0 N–H and O–H groups in total. The summed E-state index contributed by atoms with van der Waals surface area (Å²) < 4.78 is 0. The molecular formula is C30H38Cl2Zr. The van der Waals surface area contributed by atoms with Crippen LogP contribution in [0.1, 0.15) is 105 Å². The van der Waals surface area contributed by atoms with E-state index < -0.39 is 0 Å². The van der Waals surface area contributed by atoms with Crippen LogP contribution in [0.25, 0.3) is 11.1 Å². The summed E-state index contributed by atoms with van der Waals surface area (Å²) in [6.07, 6.45) is 16.1. The van der Waals surface area contributed by atoms with Crippen LogP contribution in [0, 0.1) is 26.0 Å². The van der Waals surface area contributed by atoms with E-state index in [1.165, 1.54) is 70.2 Å². The van der Waals surface area contributed by atoms with Crippen LogP contribution in [0.2, 0.25) is 0 Å². The van der Waals surface area contributed by atoms with Gasteiger partial charge in [-0.25, -0.2) is 12.2 Å². The van der Waals surface area contributed by atoms with Crippen molar-refractivity contribution >= 4 is 0 Å². The van der Waals surface area contributed by atoms with Crippen LogP contribution in [-0.2, 0) is 32.6 Å². The first kappa shape index (κ1) is 32.4. The van der Waals surface area contributed by atoms with Crippen LogP contribution in [0.15, 0.2) is 36.4 Å². The molecule has 176 valence electrons. The predicted molar refractivity (Wildman–Crippen MR) is 131 cm³/mol. The fraction of sp³-hybridized carbons (Fsp3) is 0.467. The molecule has 2 aromatic rings. The Labute approximate surface area is 234 Å². The molecule has 0 saturated carbocycles. The van der Waals surface area contributed by atoms with Crippen LogP contribution in [-0.4, -0.2) is 0 Å². The van der Waals surface area contributed by atoms with Gasteiger partial charge in [0, 0.05) is 0 Å². The van der Waals surface area contributed by atoms with E-state index >= 15 is 0 Å². The maximum Gasteiger partial charge on any atom is 4.00 e. The van der Waals surface area contributed by atoms with Crippen LogP contribution in [0.3, 0.4) is 0 Å². The van der Waals surface area contributed by atoms with Crippen molar-refractivity contribution < 1.29 is 51.0 Å². The molecule has 2 aromatic carbocycles. The molecule has 0 aromatic heterocycles. The van der Waals surface area contributed by atoms with Gasteiger partial charge in [-0.1, -0.05) is 77.5 Å². The quantitative estimate of drug-likeness (QED) is 0.407. The Morgan fingerprint density at radius 3 is 2.00 bits per heavy atom. The van der Waals surface area contributed by atoms with Crippen molar-refractivity contribution in [1.29, 1.82) is 0 Å². The van der Waals surface area contributed by atoms with E-state index in [1.54, 1.807) is 0 Å². The minimum Gasteiger partial charge on any atom is -1.00 e. The third kappa shape index (κ3) is 7.95. The summed E-state index contributed by atoms with van der Waals surface area (Å²) in [4.78, 5) is 0. The zero-order valence-corrected chi connectivity index (χ0v) is 25.1. The molecule has 0 nitrogen and oxygen atoms in total. The van der Waals surface area contributed by atoms with Crippen LogP contribution in [0.4, 0.5) is 0 Å². The number of aryl methyl sites for hydroxylation is 2. The zero-order valence-electron chi connectivity index (χ0n) is 21.1. The standard InChI is InChI=1S/C25H33.C5H5.2ClH.Zr/c1-7-9-16(3)22-14-24-20(11-18(22)5)13-21-12-19(6)23(15-25(21)24)17(4)10-8-2;1-2-4-5-3-1;;;/h11,14-17H,7-10,13H2,1-6H3;1-3H,4H2;2*1H;/q2*-1;;;+4/p-2. The first-order chi connectivity index (χ1) is 14.5. The van der Waals surface area contributed by atoms with Gasteiger partial charge in [-0.2, -0.15) is 23.8 Å². The Morgan fingerprint density at radius 1 is 0.879 bits per heavy atom. The fourth-order valence-corrected chi connectivity index (χ4v) is 5.03. The number of fused-ring (bicyclic) bond motifs is 3. The van der Waals surface area contributed by atoms with E-state index in [0.29, 0.717) is 11.8 Å². The molecule has 2 unspecified atom stereocenters. The number of halogens is 2. The number of rotatable bonds is 6. The monoisotopic (exact) mass is 558 g/mol. The summed E-state index contributed by atoms with van der Waals surface area (Å²) in [5, 5.41) is 0. The zero-order chi connectivity index (χ0) is 21.7. The van der Waals surface area contributed by atoms with Crippen molar-refractivity contribution in [2.45, 2.75) is 91.9 Å². The van der Waals surface area contributed by atoms with Crippen molar-refractivity contribution in [3.63, 3.8) is 0 Å². The smallest absolute Gasteiger partial charge is 1.00 e.